The van der Waals surface area contributed by atoms with E-state index in [0.717, 1.165) is 25.9 Å². The molecule has 5 nitrogen and oxygen atoms in total. The number of amides is 1. The standard InChI is InChI=1S/C14H23N3O2/c1-2-3-9-19-10-5-8-17-13-11(14(16)18)6-4-7-12(13)15/h4,6-7,17H,2-3,5,8-10,15H2,1H3,(H2,16,18). The number of benzene rings is 1. The van der Waals surface area contributed by atoms with E-state index in [1.807, 2.05) is 0 Å². The Morgan fingerprint density at radius 1 is 1.32 bits per heavy atom. The van der Waals surface area contributed by atoms with Crippen LogP contribution in [0.1, 0.15) is 36.5 Å². The first kappa shape index (κ1) is 15.3. The zero-order valence-corrected chi connectivity index (χ0v) is 11.4. The number of ether oxygens (including phenoxy) is 1. The first-order valence-corrected chi connectivity index (χ1v) is 6.66. The van der Waals surface area contributed by atoms with Gasteiger partial charge >= 0.3 is 0 Å². The lowest BCUT2D eigenvalue weighted by molar-refractivity contribution is 0.100. The third kappa shape index (κ3) is 5.18. The van der Waals surface area contributed by atoms with Gasteiger partial charge in [0.2, 0.25) is 0 Å². The number of primary amides is 1. The fourth-order valence-electron chi connectivity index (χ4n) is 1.71. The van der Waals surface area contributed by atoms with Crippen molar-refractivity contribution in [3.8, 4) is 0 Å². The number of rotatable bonds is 9. The highest BCUT2D eigenvalue weighted by atomic mass is 16.5. The van der Waals surface area contributed by atoms with Gasteiger partial charge in [-0.05, 0) is 25.0 Å². The Labute approximate surface area is 114 Å². The normalized spacial score (nSPS) is 10.4. The van der Waals surface area contributed by atoms with Crippen LogP contribution in [0.5, 0.6) is 0 Å². The van der Waals surface area contributed by atoms with E-state index in [4.69, 9.17) is 16.2 Å². The predicted molar refractivity (Wildman–Crippen MR) is 78.2 cm³/mol. The van der Waals surface area contributed by atoms with Crippen LogP contribution in [0.4, 0.5) is 11.4 Å². The summed E-state index contributed by atoms with van der Waals surface area (Å²) in [7, 11) is 0. The van der Waals surface area contributed by atoms with E-state index in [2.05, 4.69) is 12.2 Å². The third-order valence-electron chi connectivity index (χ3n) is 2.77. The largest absolute Gasteiger partial charge is 0.397 e. The lowest BCUT2D eigenvalue weighted by atomic mass is 10.1. The van der Waals surface area contributed by atoms with Gasteiger partial charge in [0.05, 0.1) is 16.9 Å². The first-order valence-electron chi connectivity index (χ1n) is 6.66. The predicted octanol–water partition coefficient (Wildman–Crippen LogP) is 1.99. The van der Waals surface area contributed by atoms with E-state index in [-0.39, 0.29) is 0 Å². The number of para-hydroxylation sites is 1. The number of hydrogen-bond donors (Lipinski definition) is 3. The summed E-state index contributed by atoms with van der Waals surface area (Å²) in [5.74, 6) is -0.478. The number of nitrogen functional groups attached to an aromatic ring is 1. The lowest BCUT2D eigenvalue weighted by Crippen LogP contribution is -2.16. The number of nitrogens with one attached hydrogen (secondary N) is 1. The zero-order valence-electron chi connectivity index (χ0n) is 11.4. The molecule has 1 amide bonds. The maximum absolute atomic E-state index is 11.3. The van der Waals surface area contributed by atoms with Crippen LogP contribution in [0.15, 0.2) is 18.2 Å². The summed E-state index contributed by atoms with van der Waals surface area (Å²) in [6.07, 6.45) is 3.09. The molecule has 106 valence electrons. The molecule has 1 aromatic rings. The van der Waals surface area contributed by atoms with Gasteiger partial charge in [-0.1, -0.05) is 19.4 Å². The minimum Gasteiger partial charge on any atom is -0.397 e. The zero-order chi connectivity index (χ0) is 14.1. The fourth-order valence-corrected chi connectivity index (χ4v) is 1.71. The highest BCUT2D eigenvalue weighted by molar-refractivity contribution is 6.01. The second-order valence-corrected chi connectivity index (χ2v) is 4.38. The summed E-state index contributed by atoms with van der Waals surface area (Å²) in [6.45, 7) is 4.33. The number of unbranched alkanes of at least 4 members (excludes halogenated alkanes) is 1. The number of nitrogens with two attached hydrogens (primary N) is 2. The van der Waals surface area contributed by atoms with Crippen molar-refractivity contribution in [2.24, 2.45) is 5.73 Å². The highest BCUT2D eigenvalue weighted by Crippen LogP contribution is 2.22. The lowest BCUT2D eigenvalue weighted by Gasteiger charge is -2.12. The average Bonchev–Trinajstić information content (AvgIpc) is 2.39. The first-order chi connectivity index (χ1) is 9.16. The molecule has 0 unspecified atom stereocenters. The summed E-state index contributed by atoms with van der Waals surface area (Å²) in [5.41, 5.74) is 12.7. The SMILES string of the molecule is CCCCOCCCNc1c(N)cccc1C(N)=O. The van der Waals surface area contributed by atoms with Crippen molar-refractivity contribution in [3.63, 3.8) is 0 Å². The summed E-state index contributed by atoms with van der Waals surface area (Å²) in [4.78, 5) is 11.3. The highest BCUT2D eigenvalue weighted by Gasteiger charge is 2.09. The molecule has 0 spiro atoms. The van der Waals surface area contributed by atoms with Crippen molar-refractivity contribution in [2.45, 2.75) is 26.2 Å². The molecule has 0 aliphatic heterocycles. The maximum atomic E-state index is 11.3. The Hall–Kier alpha value is -1.75. The van der Waals surface area contributed by atoms with Gasteiger partial charge in [0.25, 0.3) is 5.91 Å². The Balaban J connectivity index is 2.38. The molecule has 0 aliphatic rings. The number of anilines is 2. The molecule has 0 heterocycles. The summed E-state index contributed by atoms with van der Waals surface area (Å²) < 4.78 is 5.46. The summed E-state index contributed by atoms with van der Waals surface area (Å²) >= 11 is 0. The second kappa shape index (κ2) is 8.37. The minimum atomic E-state index is -0.478. The number of carbonyl (C=O) groups excluding carboxylic acids is 1. The summed E-state index contributed by atoms with van der Waals surface area (Å²) in [6, 6.07) is 5.12. The molecule has 0 aromatic heterocycles. The van der Waals surface area contributed by atoms with Crippen LogP contribution in [0.2, 0.25) is 0 Å². The molecule has 0 saturated heterocycles. The minimum absolute atomic E-state index is 0.423. The van der Waals surface area contributed by atoms with Crippen molar-refractivity contribution in [1.82, 2.24) is 0 Å². The van der Waals surface area contributed by atoms with Crippen molar-refractivity contribution in [3.05, 3.63) is 23.8 Å². The number of hydrogen-bond acceptors (Lipinski definition) is 4. The van der Waals surface area contributed by atoms with Crippen LogP contribution in [-0.4, -0.2) is 25.7 Å². The molecule has 1 aromatic carbocycles. The topological polar surface area (TPSA) is 90.4 Å². The van der Waals surface area contributed by atoms with E-state index >= 15 is 0 Å². The molecule has 5 heteroatoms. The van der Waals surface area contributed by atoms with Crippen LogP contribution in [0.25, 0.3) is 0 Å². The van der Waals surface area contributed by atoms with Crippen LogP contribution < -0.4 is 16.8 Å². The van der Waals surface area contributed by atoms with E-state index in [1.54, 1.807) is 18.2 Å². The van der Waals surface area contributed by atoms with Gasteiger partial charge in [-0.2, -0.15) is 0 Å². The number of carbonyl (C=O) groups is 1. The van der Waals surface area contributed by atoms with Crippen molar-refractivity contribution in [2.75, 3.05) is 30.8 Å². The smallest absolute Gasteiger partial charge is 0.250 e. The van der Waals surface area contributed by atoms with Crippen LogP contribution in [-0.2, 0) is 4.74 Å². The Morgan fingerprint density at radius 2 is 2.05 bits per heavy atom. The molecule has 0 radical (unpaired) electrons. The summed E-state index contributed by atoms with van der Waals surface area (Å²) in [5, 5.41) is 3.15. The van der Waals surface area contributed by atoms with Gasteiger partial charge in [-0.15, -0.1) is 0 Å². The monoisotopic (exact) mass is 265 g/mol. The Bertz CT molecular complexity index is 408. The molecular formula is C14H23N3O2. The Morgan fingerprint density at radius 3 is 2.74 bits per heavy atom. The van der Waals surface area contributed by atoms with E-state index in [9.17, 15) is 4.79 Å². The van der Waals surface area contributed by atoms with E-state index in [0.29, 0.717) is 30.1 Å². The van der Waals surface area contributed by atoms with Crippen molar-refractivity contribution < 1.29 is 9.53 Å². The maximum Gasteiger partial charge on any atom is 0.250 e. The fraction of sp³-hybridized carbons (Fsp3) is 0.500. The van der Waals surface area contributed by atoms with Gasteiger partial charge < -0.3 is 21.5 Å². The third-order valence-corrected chi connectivity index (χ3v) is 2.77. The molecule has 1 rings (SSSR count). The molecule has 19 heavy (non-hydrogen) atoms. The van der Waals surface area contributed by atoms with Crippen molar-refractivity contribution >= 4 is 17.3 Å². The molecular weight excluding hydrogens is 242 g/mol. The van der Waals surface area contributed by atoms with Crippen LogP contribution >= 0.6 is 0 Å². The van der Waals surface area contributed by atoms with Gasteiger partial charge in [-0.25, -0.2) is 0 Å². The second-order valence-electron chi connectivity index (χ2n) is 4.38. The van der Waals surface area contributed by atoms with E-state index < -0.39 is 5.91 Å². The molecule has 0 bridgehead atoms. The van der Waals surface area contributed by atoms with Crippen LogP contribution in [0.3, 0.4) is 0 Å². The average molecular weight is 265 g/mol. The van der Waals surface area contributed by atoms with E-state index in [1.165, 1.54) is 0 Å². The van der Waals surface area contributed by atoms with Gasteiger partial charge in [0.1, 0.15) is 0 Å². The molecule has 5 N–H and O–H groups in total. The molecule has 0 atom stereocenters. The van der Waals surface area contributed by atoms with Crippen molar-refractivity contribution in [1.29, 1.82) is 0 Å². The molecule has 0 fully saturated rings. The molecule has 0 saturated carbocycles. The quantitative estimate of drug-likeness (QED) is 0.470. The molecule has 0 aliphatic carbocycles. The van der Waals surface area contributed by atoms with Gasteiger partial charge in [0, 0.05) is 19.8 Å². The van der Waals surface area contributed by atoms with Gasteiger partial charge in [-0.3, -0.25) is 4.79 Å². The van der Waals surface area contributed by atoms with Crippen LogP contribution in [0, 0.1) is 0 Å². The Kier molecular flexibility index (Phi) is 6.74. The van der Waals surface area contributed by atoms with Gasteiger partial charge in [0.15, 0.2) is 0 Å².